The maximum atomic E-state index is 13.6. The summed E-state index contributed by atoms with van der Waals surface area (Å²) in [7, 11) is 0. The fourth-order valence-corrected chi connectivity index (χ4v) is 4.95. The third-order valence-corrected chi connectivity index (χ3v) is 6.89. The van der Waals surface area contributed by atoms with Gasteiger partial charge < -0.3 is 10.1 Å². The molecule has 0 unspecified atom stereocenters. The van der Waals surface area contributed by atoms with E-state index >= 15 is 0 Å². The predicted octanol–water partition coefficient (Wildman–Crippen LogP) is 4.23. The van der Waals surface area contributed by atoms with Crippen molar-refractivity contribution in [3.63, 3.8) is 0 Å². The summed E-state index contributed by atoms with van der Waals surface area (Å²) in [6, 6.07) is 13.4. The normalized spacial score (nSPS) is 11.1. The number of benzene rings is 1. The summed E-state index contributed by atoms with van der Waals surface area (Å²) >= 11 is 2.96. The average Bonchev–Trinajstić information content (AvgIpc) is 3.56. The molecule has 5 rings (SSSR count). The third-order valence-electron chi connectivity index (χ3n) is 4.69. The highest BCUT2D eigenvalue weighted by Gasteiger charge is 2.16. The molecule has 0 bridgehead atoms. The van der Waals surface area contributed by atoms with E-state index in [9.17, 15) is 9.18 Å². The minimum Gasteiger partial charge on any atom is -0.475 e. The lowest BCUT2D eigenvalue weighted by atomic mass is 10.2. The summed E-state index contributed by atoms with van der Waals surface area (Å²) in [5.41, 5.74) is 1.77. The number of amides is 1. The number of aromatic nitrogens is 5. The number of thiazole rings is 1. The lowest BCUT2D eigenvalue weighted by molar-refractivity contribution is 0.0949. The van der Waals surface area contributed by atoms with Gasteiger partial charge in [0.25, 0.3) is 5.91 Å². The molecule has 0 aliphatic heterocycles. The number of fused-ring (bicyclic) bond motifs is 1. The van der Waals surface area contributed by atoms with Crippen molar-refractivity contribution in [2.24, 2.45) is 0 Å². The molecule has 0 aliphatic carbocycles. The Morgan fingerprint density at radius 2 is 2.09 bits per heavy atom. The Labute approximate surface area is 195 Å². The van der Waals surface area contributed by atoms with Crippen molar-refractivity contribution >= 4 is 34.2 Å². The second-order valence-corrected chi connectivity index (χ2v) is 8.94. The molecule has 11 heteroatoms. The lowest BCUT2D eigenvalue weighted by Gasteiger charge is -2.07. The molecule has 1 N–H and O–H groups in total. The molecule has 0 saturated carbocycles. The van der Waals surface area contributed by atoms with Crippen molar-refractivity contribution in [1.82, 2.24) is 30.1 Å². The van der Waals surface area contributed by atoms with Gasteiger partial charge >= 0.3 is 0 Å². The number of hydrogen-bond donors (Lipinski definition) is 1. The van der Waals surface area contributed by atoms with E-state index in [1.165, 1.54) is 28.0 Å². The number of hydrogen-bond acceptors (Lipinski definition) is 8. The van der Waals surface area contributed by atoms with Gasteiger partial charge in [0.15, 0.2) is 11.5 Å². The smallest absolute Gasteiger partial charge is 0.263 e. The van der Waals surface area contributed by atoms with Crippen molar-refractivity contribution in [2.75, 3.05) is 13.2 Å². The Morgan fingerprint density at radius 1 is 1.18 bits per heavy atom. The Kier molecular flexibility index (Phi) is 5.80. The number of thiophene rings is 1. The fourth-order valence-electron chi connectivity index (χ4n) is 3.17. The van der Waals surface area contributed by atoms with Gasteiger partial charge in [-0.15, -0.1) is 38.0 Å². The van der Waals surface area contributed by atoms with Crippen LogP contribution in [-0.2, 0) is 0 Å². The molecule has 1 aromatic carbocycles. The molecular formula is C22H17FN6O2S2. The Bertz CT molecular complexity index is 1430. The third kappa shape index (κ3) is 4.45. The van der Waals surface area contributed by atoms with E-state index in [-0.39, 0.29) is 18.3 Å². The molecule has 8 nitrogen and oxygen atoms in total. The van der Waals surface area contributed by atoms with E-state index in [0.717, 1.165) is 9.88 Å². The maximum Gasteiger partial charge on any atom is 0.263 e. The van der Waals surface area contributed by atoms with Gasteiger partial charge in [-0.1, -0.05) is 18.2 Å². The quantitative estimate of drug-likeness (QED) is 0.350. The van der Waals surface area contributed by atoms with E-state index in [1.54, 1.807) is 35.6 Å². The molecule has 166 valence electrons. The summed E-state index contributed by atoms with van der Waals surface area (Å²) in [6.07, 6.45) is 0. The number of carbonyl (C=O) groups is 1. The maximum absolute atomic E-state index is 13.6. The van der Waals surface area contributed by atoms with Crippen LogP contribution in [0, 0.1) is 12.7 Å². The van der Waals surface area contributed by atoms with Crippen LogP contribution in [-0.4, -0.2) is 43.9 Å². The van der Waals surface area contributed by atoms with Crippen molar-refractivity contribution in [1.29, 1.82) is 0 Å². The zero-order valence-electron chi connectivity index (χ0n) is 17.4. The van der Waals surface area contributed by atoms with Crippen LogP contribution in [0.5, 0.6) is 5.88 Å². The predicted molar refractivity (Wildman–Crippen MR) is 124 cm³/mol. The number of nitrogens with one attached hydrogen (secondary N) is 1. The Balaban J connectivity index is 1.22. The van der Waals surface area contributed by atoms with Crippen LogP contribution in [0.15, 0.2) is 53.9 Å². The second-order valence-electron chi connectivity index (χ2n) is 6.99. The van der Waals surface area contributed by atoms with Crippen LogP contribution in [0.2, 0.25) is 0 Å². The Morgan fingerprint density at radius 3 is 2.91 bits per heavy atom. The minimum atomic E-state index is -0.369. The van der Waals surface area contributed by atoms with Gasteiger partial charge in [-0.05, 0) is 36.6 Å². The zero-order valence-corrected chi connectivity index (χ0v) is 19.0. The highest BCUT2D eigenvalue weighted by molar-refractivity contribution is 7.22. The molecule has 0 fully saturated rings. The van der Waals surface area contributed by atoms with Gasteiger partial charge in [0, 0.05) is 11.6 Å². The van der Waals surface area contributed by atoms with Crippen molar-refractivity contribution in [3.05, 3.63) is 70.3 Å². The van der Waals surface area contributed by atoms with Crippen LogP contribution in [0.3, 0.4) is 0 Å². The molecule has 5 aromatic rings. The summed E-state index contributed by atoms with van der Waals surface area (Å²) in [4.78, 5) is 18.7. The number of rotatable bonds is 7. The summed E-state index contributed by atoms with van der Waals surface area (Å²) in [5.74, 6) is 0.187. The van der Waals surface area contributed by atoms with Gasteiger partial charge in [0.2, 0.25) is 5.88 Å². The number of aryl methyl sites for hydroxylation is 1. The van der Waals surface area contributed by atoms with Crippen LogP contribution < -0.4 is 10.1 Å². The van der Waals surface area contributed by atoms with Gasteiger partial charge in [0.1, 0.15) is 22.3 Å². The first-order valence-corrected chi connectivity index (χ1v) is 11.7. The van der Waals surface area contributed by atoms with Crippen molar-refractivity contribution < 1.29 is 13.9 Å². The number of ether oxygens (including phenoxy) is 1. The van der Waals surface area contributed by atoms with Crippen LogP contribution in [0.1, 0.15) is 15.4 Å². The largest absolute Gasteiger partial charge is 0.475 e. The van der Waals surface area contributed by atoms with Gasteiger partial charge in [-0.2, -0.15) is 4.52 Å². The van der Waals surface area contributed by atoms with Crippen LogP contribution >= 0.6 is 22.7 Å². The highest BCUT2D eigenvalue weighted by atomic mass is 32.1. The standard InChI is InChI=1S/C22H17FN6O2S2/c1-13-19(33-22(25-13)16-6-3-11-32-16)21(30)24-9-10-31-18-8-7-17-26-27-20(29(17)28-18)14-4-2-5-15(23)12-14/h2-8,11-12H,9-10H2,1H3,(H,24,30). The molecule has 4 aromatic heterocycles. The molecule has 0 spiro atoms. The van der Waals surface area contributed by atoms with Gasteiger partial charge in [-0.3, -0.25) is 4.79 Å². The summed E-state index contributed by atoms with van der Waals surface area (Å²) < 4.78 is 20.8. The van der Waals surface area contributed by atoms with Crippen LogP contribution in [0.4, 0.5) is 4.39 Å². The number of carbonyl (C=O) groups excluding carboxylic acids is 1. The van der Waals surface area contributed by atoms with E-state index in [4.69, 9.17) is 4.74 Å². The molecule has 1 amide bonds. The number of halogens is 1. The fraction of sp³-hybridized carbons (Fsp3) is 0.136. The average molecular weight is 481 g/mol. The first kappa shape index (κ1) is 21.2. The number of nitrogens with zero attached hydrogens (tertiary/aromatic N) is 5. The molecule has 4 heterocycles. The second kappa shape index (κ2) is 9.04. The summed E-state index contributed by atoms with van der Waals surface area (Å²) in [5, 5.41) is 18.2. The Hall–Kier alpha value is -3.70. The monoisotopic (exact) mass is 480 g/mol. The molecule has 0 atom stereocenters. The lowest BCUT2D eigenvalue weighted by Crippen LogP contribution is -2.28. The van der Waals surface area contributed by atoms with Gasteiger partial charge in [-0.25, -0.2) is 9.37 Å². The van der Waals surface area contributed by atoms with Crippen molar-refractivity contribution in [2.45, 2.75) is 6.92 Å². The van der Waals surface area contributed by atoms with E-state index in [2.05, 4.69) is 25.6 Å². The first-order chi connectivity index (χ1) is 16.1. The molecule has 0 saturated heterocycles. The van der Waals surface area contributed by atoms with E-state index in [1.807, 2.05) is 24.4 Å². The topological polar surface area (TPSA) is 94.3 Å². The summed E-state index contributed by atoms with van der Waals surface area (Å²) in [6.45, 7) is 2.34. The molecule has 0 aliphatic rings. The van der Waals surface area contributed by atoms with E-state index in [0.29, 0.717) is 40.0 Å². The van der Waals surface area contributed by atoms with E-state index < -0.39 is 0 Å². The first-order valence-electron chi connectivity index (χ1n) is 9.99. The van der Waals surface area contributed by atoms with Crippen molar-refractivity contribution in [3.8, 4) is 27.2 Å². The molecule has 33 heavy (non-hydrogen) atoms. The zero-order chi connectivity index (χ0) is 22.8. The van der Waals surface area contributed by atoms with Gasteiger partial charge in [0.05, 0.1) is 17.1 Å². The van der Waals surface area contributed by atoms with Crippen LogP contribution in [0.25, 0.3) is 26.9 Å². The minimum absolute atomic E-state index is 0.188. The molecular weight excluding hydrogens is 463 g/mol. The highest BCUT2D eigenvalue weighted by Crippen LogP contribution is 2.31. The SMILES string of the molecule is Cc1nc(-c2cccs2)sc1C(=O)NCCOc1ccc2nnc(-c3cccc(F)c3)n2n1. The molecule has 0 radical (unpaired) electrons.